The summed E-state index contributed by atoms with van der Waals surface area (Å²) in [5.74, 6) is -0.605. The third-order valence-electron chi connectivity index (χ3n) is 4.59. The van der Waals surface area contributed by atoms with Crippen LogP contribution in [0.3, 0.4) is 0 Å². The van der Waals surface area contributed by atoms with Crippen LogP contribution < -0.4 is 5.32 Å². The monoisotopic (exact) mass is 395 g/mol. The number of rotatable bonds is 5. The minimum absolute atomic E-state index is 0.288. The van der Waals surface area contributed by atoms with Crippen molar-refractivity contribution in [3.05, 3.63) is 35.6 Å². The minimum Gasteiger partial charge on any atom is -0.468 e. The second-order valence-corrected chi connectivity index (χ2v) is 7.95. The summed E-state index contributed by atoms with van der Waals surface area (Å²) in [5.41, 5.74) is 0.325. The van der Waals surface area contributed by atoms with Crippen molar-refractivity contribution in [2.75, 3.05) is 26.7 Å². The lowest BCUT2D eigenvalue weighted by atomic mass is 10.1. The molecule has 2 rings (SSSR count). The highest BCUT2D eigenvalue weighted by Crippen LogP contribution is 2.17. The summed E-state index contributed by atoms with van der Waals surface area (Å²) < 4.78 is 23.4. The summed E-state index contributed by atoms with van der Waals surface area (Å²) in [6.07, 6.45) is -0.880. The highest BCUT2D eigenvalue weighted by molar-refractivity contribution is 5.75. The molecule has 2 unspecified atom stereocenters. The van der Waals surface area contributed by atoms with Crippen LogP contribution in [0.2, 0.25) is 0 Å². The van der Waals surface area contributed by atoms with Gasteiger partial charge in [-0.2, -0.15) is 0 Å². The quantitative estimate of drug-likeness (QED) is 0.772. The maximum atomic E-state index is 13.2. The van der Waals surface area contributed by atoms with Crippen LogP contribution in [-0.2, 0) is 20.8 Å². The summed E-state index contributed by atoms with van der Waals surface area (Å²) in [4.78, 5) is 28.3. The minimum atomic E-state index is -0.612. The molecule has 1 aromatic rings. The molecule has 0 saturated carbocycles. The first kappa shape index (κ1) is 22.1. The van der Waals surface area contributed by atoms with Gasteiger partial charge >= 0.3 is 12.1 Å². The summed E-state index contributed by atoms with van der Waals surface area (Å²) in [6.45, 7) is 9.44. The molecule has 28 heavy (non-hydrogen) atoms. The van der Waals surface area contributed by atoms with Gasteiger partial charge in [-0.25, -0.2) is 9.18 Å². The Kier molecular flexibility index (Phi) is 7.37. The fourth-order valence-corrected chi connectivity index (χ4v) is 3.11. The van der Waals surface area contributed by atoms with Gasteiger partial charge in [0.2, 0.25) is 0 Å². The molecule has 1 N–H and O–H groups in total. The molecule has 156 valence electrons. The first-order chi connectivity index (χ1) is 13.1. The Morgan fingerprint density at radius 2 is 1.89 bits per heavy atom. The van der Waals surface area contributed by atoms with Crippen LogP contribution in [0.4, 0.5) is 9.18 Å². The number of ether oxygens (including phenoxy) is 2. The van der Waals surface area contributed by atoms with E-state index >= 15 is 0 Å². The molecule has 0 aliphatic carbocycles. The molecule has 1 aliphatic rings. The van der Waals surface area contributed by atoms with E-state index in [1.165, 1.54) is 19.2 Å². The Labute approximate surface area is 165 Å². The van der Waals surface area contributed by atoms with Crippen LogP contribution >= 0.6 is 0 Å². The number of nitrogens with zero attached hydrogens (tertiary/aromatic N) is 2. The maximum absolute atomic E-state index is 13.2. The Morgan fingerprint density at radius 1 is 1.25 bits per heavy atom. The Balaban J connectivity index is 2.12. The van der Waals surface area contributed by atoms with Crippen LogP contribution in [0.1, 0.15) is 33.3 Å². The Morgan fingerprint density at radius 3 is 2.46 bits per heavy atom. The molecular formula is C20H30FN3O4. The molecule has 1 amide bonds. The maximum Gasteiger partial charge on any atom is 0.408 e. The highest BCUT2D eigenvalue weighted by atomic mass is 19.1. The van der Waals surface area contributed by atoms with E-state index in [0.29, 0.717) is 26.2 Å². The summed E-state index contributed by atoms with van der Waals surface area (Å²) >= 11 is 0. The lowest BCUT2D eigenvalue weighted by Crippen LogP contribution is -2.62. The van der Waals surface area contributed by atoms with Crippen molar-refractivity contribution in [3.8, 4) is 0 Å². The molecule has 7 nitrogen and oxygen atoms in total. The van der Waals surface area contributed by atoms with E-state index in [1.54, 1.807) is 39.8 Å². The molecule has 1 fully saturated rings. The number of carbonyl (C=O) groups excluding carboxylic acids is 2. The Hall–Kier alpha value is -2.19. The number of amides is 1. The lowest BCUT2D eigenvalue weighted by molar-refractivity contribution is -0.147. The first-order valence-electron chi connectivity index (χ1n) is 9.39. The van der Waals surface area contributed by atoms with E-state index in [9.17, 15) is 14.0 Å². The van der Waals surface area contributed by atoms with Crippen molar-refractivity contribution in [3.63, 3.8) is 0 Å². The second-order valence-electron chi connectivity index (χ2n) is 7.95. The average Bonchev–Trinajstić information content (AvgIpc) is 2.62. The number of alkyl carbamates (subject to hydrolysis) is 1. The summed E-state index contributed by atoms with van der Waals surface area (Å²) in [5, 5.41) is 2.90. The molecule has 1 aromatic carbocycles. The number of nitrogens with one attached hydrogen (secondary N) is 1. The van der Waals surface area contributed by atoms with E-state index in [2.05, 4.69) is 10.2 Å². The normalized spacial score (nSPS) is 19.7. The molecule has 0 aromatic heterocycles. The zero-order chi connectivity index (χ0) is 20.9. The Bertz CT molecular complexity index is 675. The molecule has 1 heterocycles. The predicted molar refractivity (Wildman–Crippen MR) is 103 cm³/mol. The number of piperazine rings is 1. The van der Waals surface area contributed by atoms with E-state index < -0.39 is 17.7 Å². The van der Waals surface area contributed by atoms with Gasteiger partial charge in [0, 0.05) is 26.2 Å². The van der Waals surface area contributed by atoms with Gasteiger partial charge in [0.1, 0.15) is 17.5 Å². The van der Waals surface area contributed by atoms with Gasteiger partial charge < -0.3 is 14.8 Å². The van der Waals surface area contributed by atoms with Gasteiger partial charge in [-0.05, 0) is 45.4 Å². The SMILES string of the molecule is COC(=O)C(C)N1CCN(Cc2ccc(F)cc2)C(NC(=O)OC(C)(C)C)C1. The zero-order valence-electron chi connectivity index (χ0n) is 17.2. The standard InChI is InChI=1S/C20H30FN3O4/c1-14(18(25)27-5)23-10-11-24(12-15-6-8-16(21)9-7-15)17(13-23)22-19(26)28-20(2,3)4/h6-9,14,17H,10-13H2,1-5H3,(H,22,26). The second kappa shape index (κ2) is 9.34. The first-order valence-corrected chi connectivity index (χ1v) is 9.39. The van der Waals surface area contributed by atoms with Gasteiger partial charge in [0.05, 0.1) is 13.3 Å². The number of carbonyl (C=O) groups is 2. The number of methoxy groups -OCH3 is 1. The van der Waals surface area contributed by atoms with Crippen LogP contribution in [0.25, 0.3) is 0 Å². The van der Waals surface area contributed by atoms with E-state index in [-0.39, 0.29) is 18.0 Å². The molecule has 8 heteroatoms. The van der Waals surface area contributed by atoms with Crippen molar-refractivity contribution < 1.29 is 23.5 Å². The van der Waals surface area contributed by atoms with Crippen molar-refractivity contribution in [2.24, 2.45) is 0 Å². The van der Waals surface area contributed by atoms with Gasteiger partial charge in [-0.3, -0.25) is 14.6 Å². The molecule has 1 aliphatic heterocycles. The predicted octanol–water partition coefficient (Wildman–Crippen LogP) is 2.36. The number of esters is 1. The number of hydrogen-bond donors (Lipinski definition) is 1. The topological polar surface area (TPSA) is 71.1 Å². The van der Waals surface area contributed by atoms with Crippen molar-refractivity contribution in [2.45, 2.75) is 52.0 Å². The lowest BCUT2D eigenvalue weighted by Gasteiger charge is -2.43. The molecule has 0 spiro atoms. The van der Waals surface area contributed by atoms with Gasteiger partial charge in [0.25, 0.3) is 0 Å². The van der Waals surface area contributed by atoms with Crippen LogP contribution in [-0.4, -0.2) is 66.4 Å². The van der Waals surface area contributed by atoms with E-state index in [1.807, 2.05) is 4.90 Å². The number of halogens is 1. The summed E-state index contributed by atoms with van der Waals surface area (Å²) in [6, 6.07) is 5.87. The largest absolute Gasteiger partial charge is 0.468 e. The van der Waals surface area contributed by atoms with Gasteiger partial charge in [0.15, 0.2) is 0 Å². The van der Waals surface area contributed by atoms with Crippen LogP contribution in [0.5, 0.6) is 0 Å². The fourth-order valence-electron chi connectivity index (χ4n) is 3.11. The van der Waals surface area contributed by atoms with Crippen LogP contribution in [0, 0.1) is 5.82 Å². The fraction of sp³-hybridized carbons (Fsp3) is 0.600. The number of hydrogen-bond acceptors (Lipinski definition) is 6. The summed E-state index contributed by atoms with van der Waals surface area (Å²) in [7, 11) is 1.36. The van der Waals surface area contributed by atoms with E-state index in [4.69, 9.17) is 9.47 Å². The van der Waals surface area contributed by atoms with Crippen molar-refractivity contribution in [1.29, 1.82) is 0 Å². The molecule has 1 saturated heterocycles. The molecular weight excluding hydrogens is 365 g/mol. The molecule has 2 atom stereocenters. The third-order valence-corrected chi connectivity index (χ3v) is 4.59. The highest BCUT2D eigenvalue weighted by Gasteiger charge is 2.34. The zero-order valence-corrected chi connectivity index (χ0v) is 17.2. The van der Waals surface area contributed by atoms with Gasteiger partial charge in [-0.1, -0.05) is 12.1 Å². The molecule has 0 radical (unpaired) electrons. The smallest absolute Gasteiger partial charge is 0.408 e. The van der Waals surface area contributed by atoms with Crippen LogP contribution in [0.15, 0.2) is 24.3 Å². The third kappa shape index (κ3) is 6.45. The van der Waals surface area contributed by atoms with E-state index in [0.717, 1.165) is 5.56 Å². The van der Waals surface area contributed by atoms with Gasteiger partial charge in [-0.15, -0.1) is 0 Å². The molecule has 0 bridgehead atoms. The van der Waals surface area contributed by atoms with Crippen molar-refractivity contribution in [1.82, 2.24) is 15.1 Å². The van der Waals surface area contributed by atoms with Crippen molar-refractivity contribution >= 4 is 12.1 Å². The number of benzene rings is 1. The average molecular weight is 395 g/mol.